The number of hydrogen-bond donors (Lipinski definition) is 1. The van der Waals surface area contributed by atoms with Crippen molar-refractivity contribution in [3.05, 3.63) is 54.1 Å². The molecule has 3 nitrogen and oxygen atoms in total. The van der Waals surface area contributed by atoms with Crippen molar-refractivity contribution in [3.8, 4) is 0 Å². The second-order valence-electron chi connectivity index (χ2n) is 4.78. The van der Waals surface area contributed by atoms with Gasteiger partial charge in [-0.05, 0) is 29.8 Å². The fourth-order valence-electron chi connectivity index (χ4n) is 2.33. The summed E-state index contributed by atoms with van der Waals surface area (Å²) in [5.41, 5.74) is 8.42. The standard InChI is InChI=1S/C16H16N2OS/c17-13-7-5-12(6-8-13)11-16(19)18-9-10-20-15-4-2-1-3-14(15)18/h1-8H,9-11,17H2. The lowest BCUT2D eigenvalue weighted by atomic mass is 10.1. The first-order chi connectivity index (χ1) is 9.74. The van der Waals surface area contributed by atoms with Gasteiger partial charge in [0.2, 0.25) is 5.91 Å². The van der Waals surface area contributed by atoms with Crippen LogP contribution in [0.25, 0.3) is 0 Å². The smallest absolute Gasteiger partial charge is 0.231 e. The third-order valence-electron chi connectivity index (χ3n) is 3.36. The van der Waals surface area contributed by atoms with Crippen molar-refractivity contribution < 1.29 is 4.79 Å². The van der Waals surface area contributed by atoms with Crippen LogP contribution in [0.15, 0.2) is 53.4 Å². The highest BCUT2D eigenvalue weighted by atomic mass is 32.2. The zero-order valence-electron chi connectivity index (χ0n) is 11.1. The third kappa shape index (κ3) is 2.65. The molecule has 1 amide bonds. The van der Waals surface area contributed by atoms with Gasteiger partial charge in [0, 0.05) is 22.9 Å². The van der Waals surface area contributed by atoms with Gasteiger partial charge in [-0.1, -0.05) is 24.3 Å². The summed E-state index contributed by atoms with van der Waals surface area (Å²) in [5.74, 6) is 1.09. The van der Waals surface area contributed by atoms with Crippen LogP contribution in [-0.2, 0) is 11.2 Å². The highest BCUT2D eigenvalue weighted by Gasteiger charge is 2.22. The van der Waals surface area contributed by atoms with Gasteiger partial charge in [-0.2, -0.15) is 0 Å². The number of anilines is 2. The molecule has 3 rings (SSSR count). The number of hydrogen-bond acceptors (Lipinski definition) is 3. The number of nitrogen functional groups attached to an aromatic ring is 1. The van der Waals surface area contributed by atoms with Gasteiger partial charge >= 0.3 is 0 Å². The van der Waals surface area contributed by atoms with E-state index in [0.29, 0.717) is 6.42 Å². The van der Waals surface area contributed by atoms with Crippen LogP contribution in [0.2, 0.25) is 0 Å². The summed E-state index contributed by atoms with van der Waals surface area (Å²) >= 11 is 1.81. The van der Waals surface area contributed by atoms with Crippen LogP contribution in [0.4, 0.5) is 11.4 Å². The maximum atomic E-state index is 12.5. The first-order valence-corrected chi connectivity index (χ1v) is 7.59. The van der Waals surface area contributed by atoms with Crippen molar-refractivity contribution >= 4 is 29.0 Å². The molecule has 4 heteroatoms. The molecule has 0 spiro atoms. The van der Waals surface area contributed by atoms with Crippen LogP contribution in [0, 0.1) is 0 Å². The molecule has 2 aromatic carbocycles. The molecule has 20 heavy (non-hydrogen) atoms. The summed E-state index contributed by atoms with van der Waals surface area (Å²) < 4.78 is 0. The van der Waals surface area contributed by atoms with E-state index in [0.717, 1.165) is 29.2 Å². The van der Waals surface area contributed by atoms with Crippen LogP contribution in [-0.4, -0.2) is 18.2 Å². The molecule has 0 saturated heterocycles. The maximum absolute atomic E-state index is 12.5. The SMILES string of the molecule is Nc1ccc(CC(=O)N2CCSc3ccccc32)cc1. The maximum Gasteiger partial charge on any atom is 0.231 e. The van der Waals surface area contributed by atoms with E-state index in [1.165, 1.54) is 4.90 Å². The minimum atomic E-state index is 0.141. The number of para-hydroxylation sites is 1. The Balaban J connectivity index is 1.80. The van der Waals surface area contributed by atoms with E-state index in [4.69, 9.17) is 5.73 Å². The number of carbonyl (C=O) groups excluding carboxylic acids is 1. The topological polar surface area (TPSA) is 46.3 Å². The second-order valence-corrected chi connectivity index (χ2v) is 5.92. The monoisotopic (exact) mass is 284 g/mol. The molecule has 1 heterocycles. The Labute approximate surface area is 122 Å². The Bertz CT molecular complexity index is 625. The normalized spacial score (nSPS) is 13.9. The molecule has 102 valence electrons. The van der Waals surface area contributed by atoms with Crippen molar-refractivity contribution in [2.45, 2.75) is 11.3 Å². The van der Waals surface area contributed by atoms with Crippen molar-refractivity contribution in [3.63, 3.8) is 0 Å². The van der Waals surface area contributed by atoms with E-state index < -0.39 is 0 Å². The molecule has 0 radical (unpaired) electrons. The number of nitrogens with two attached hydrogens (primary N) is 1. The zero-order valence-corrected chi connectivity index (χ0v) is 11.9. The average Bonchev–Trinajstić information content (AvgIpc) is 2.49. The van der Waals surface area contributed by atoms with E-state index in [2.05, 4.69) is 6.07 Å². The Morgan fingerprint density at radius 2 is 1.90 bits per heavy atom. The molecular weight excluding hydrogens is 268 g/mol. The van der Waals surface area contributed by atoms with E-state index in [1.807, 2.05) is 59.1 Å². The van der Waals surface area contributed by atoms with Gasteiger partial charge in [0.1, 0.15) is 0 Å². The molecule has 0 bridgehead atoms. The van der Waals surface area contributed by atoms with Gasteiger partial charge < -0.3 is 10.6 Å². The minimum absolute atomic E-state index is 0.141. The summed E-state index contributed by atoms with van der Waals surface area (Å²) in [4.78, 5) is 15.6. The zero-order chi connectivity index (χ0) is 13.9. The number of thioether (sulfide) groups is 1. The predicted molar refractivity (Wildman–Crippen MR) is 84.1 cm³/mol. The highest BCUT2D eigenvalue weighted by Crippen LogP contribution is 2.34. The summed E-state index contributed by atoms with van der Waals surface area (Å²) in [6, 6.07) is 15.6. The summed E-state index contributed by atoms with van der Waals surface area (Å²) in [5, 5.41) is 0. The van der Waals surface area contributed by atoms with Gasteiger partial charge in [0.15, 0.2) is 0 Å². The van der Waals surface area contributed by atoms with Crippen LogP contribution >= 0.6 is 11.8 Å². The van der Waals surface area contributed by atoms with Gasteiger partial charge in [-0.3, -0.25) is 4.79 Å². The Morgan fingerprint density at radius 3 is 2.70 bits per heavy atom. The summed E-state index contributed by atoms with van der Waals surface area (Å²) in [6.45, 7) is 0.773. The largest absolute Gasteiger partial charge is 0.399 e. The summed E-state index contributed by atoms with van der Waals surface area (Å²) in [7, 11) is 0. The van der Waals surface area contributed by atoms with E-state index in [-0.39, 0.29) is 5.91 Å². The molecule has 0 unspecified atom stereocenters. The van der Waals surface area contributed by atoms with Crippen LogP contribution < -0.4 is 10.6 Å². The number of fused-ring (bicyclic) bond motifs is 1. The quantitative estimate of drug-likeness (QED) is 0.862. The van der Waals surface area contributed by atoms with Gasteiger partial charge in [-0.25, -0.2) is 0 Å². The molecule has 0 fully saturated rings. The Hall–Kier alpha value is -1.94. The van der Waals surface area contributed by atoms with E-state index in [1.54, 1.807) is 0 Å². The number of carbonyl (C=O) groups is 1. The molecule has 2 aromatic rings. The van der Waals surface area contributed by atoms with Gasteiger partial charge in [0.25, 0.3) is 0 Å². The average molecular weight is 284 g/mol. The number of amides is 1. The third-order valence-corrected chi connectivity index (χ3v) is 4.41. The predicted octanol–water partition coefficient (Wildman–Crippen LogP) is 2.95. The van der Waals surface area contributed by atoms with E-state index in [9.17, 15) is 4.79 Å². The van der Waals surface area contributed by atoms with E-state index >= 15 is 0 Å². The summed E-state index contributed by atoms with van der Waals surface area (Å²) in [6.07, 6.45) is 0.416. The molecule has 2 N–H and O–H groups in total. The van der Waals surface area contributed by atoms with Gasteiger partial charge in [0.05, 0.1) is 12.1 Å². The Kier molecular flexibility index (Phi) is 3.65. The van der Waals surface area contributed by atoms with Crippen molar-refractivity contribution in [1.29, 1.82) is 0 Å². The number of benzene rings is 2. The molecule has 0 aromatic heterocycles. The lowest BCUT2D eigenvalue weighted by molar-refractivity contribution is -0.118. The molecular formula is C16H16N2OS. The fourth-order valence-corrected chi connectivity index (χ4v) is 3.33. The van der Waals surface area contributed by atoms with Gasteiger partial charge in [-0.15, -0.1) is 11.8 Å². The van der Waals surface area contributed by atoms with Crippen LogP contribution in [0.1, 0.15) is 5.56 Å². The fraction of sp³-hybridized carbons (Fsp3) is 0.188. The minimum Gasteiger partial charge on any atom is -0.399 e. The molecule has 0 saturated carbocycles. The molecule has 1 aliphatic heterocycles. The number of nitrogens with zero attached hydrogens (tertiary/aromatic N) is 1. The van der Waals surface area contributed by atoms with Crippen molar-refractivity contribution in [1.82, 2.24) is 0 Å². The van der Waals surface area contributed by atoms with Crippen molar-refractivity contribution in [2.24, 2.45) is 0 Å². The first kappa shape index (κ1) is 13.1. The van der Waals surface area contributed by atoms with Crippen molar-refractivity contribution in [2.75, 3.05) is 22.9 Å². The second kappa shape index (κ2) is 5.59. The van der Waals surface area contributed by atoms with Crippen LogP contribution in [0.5, 0.6) is 0 Å². The Morgan fingerprint density at radius 1 is 1.15 bits per heavy atom. The molecule has 0 aliphatic carbocycles. The molecule has 0 atom stereocenters. The lowest BCUT2D eigenvalue weighted by Crippen LogP contribution is -2.36. The highest BCUT2D eigenvalue weighted by molar-refractivity contribution is 7.99. The molecule has 1 aliphatic rings. The van der Waals surface area contributed by atoms with Crippen LogP contribution in [0.3, 0.4) is 0 Å². The number of rotatable bonds is 2. The lowest BCUT2D eigenvalue weighted by Gasteiger charge is -2.29. The first-order valence-electron chi connectivity index (χ1n) is 6.60.